The van der Waals surface area contributed by atoms with Gasteiger partial charge in [-0.05, 0) is 36.5 Å². The molecular formula is C13H18O2. The van der Waals surface area contributed by atoms with Crippen LogP contribution >= 0.6 is 0 Å². The normalized spacial score (nSPS) is 17.5. The van der Waals surface area contributed by atoms with Crippen molar-refractivity contribution in [3.63, 3.8) is 0 Å². The summed E-state index contributed by atoms with van der Waals surface area (Å²) in [6, 6.07) is 7.93. The van der Waals surface area contributed by atoms with Gasteiger partial charge in [-0.15, -0.1) is 0 Å². The summed E-state index contributed by atoms with van der Waals surface area (Å²) in [6.45, 7) is 0. The molecule has 0 heterocycles. The molecule has 0 spiro atoms. The maximum absolute atomic E-state index is 9.81. The molecule has 0 radical (unpaired) electrons. The number of benzene rings is 1. The van der Waals surface area contributed by atoms with E-state index < -0.39 is 0 Å². The van der Waals surface area contributed by atoms with Crippen LogP contribution in [-0.4, -0.2) is 18.3 Å². The van der Waals surface area contributed by atoms with Crippen LogP contribution < -0.4 is 4.74 Å². The van der Waals surface area contributed by atoms with Crippen LogP contribution in [0.5, 0.6) is 5.75 Å². The molecule has 1 unspecified atom stereocenters. The van der Waals surface area contributed by atoms with Crippen molar-refractivity contribution < 1.29 is 9.84 Å². The average molecular weight is 206 g/mol. The van der Waals surface area contributed by atoms with Crippen LogP contribution in [0.4, 0.5) is 0 Å². The maximum atomic E-state index is 9.81. The van der Waals surface area contributed by atoms with E-state index in [1.807, 2.05) is 24.3 Å². The highest BCUT2D eigenvalue weighted by molar-refractivity contribution is 5.27. The molecular weight excluding hydrogens is 188 g/mol. The first-order valence-electron chi connectivity index (χ1n) is 5.59. The van der Waals surface area contributed by atoms with Gasteiger partial charge in [-0.2, -0.15) is 0 Å². The standard InChI is InChI=1S/C13H18O2/c1-15-13-6-4-11(5-7-13)9-12(14)8-10-2-3-10/h4-7,10,12,14H,2-3,8-9H2,1H3. The molecule has 1 aliphatic carbocycles. The topological polar surface area (TPSA) is 29.5 Å². The van der Waals surface area contributed by atoms with E-state index in [0.717, 1.165) is 24.5 Å². The summed E-state index contributed by atoms with van der Waals surface area (Å²) < 4.78 is 5.09. The van der Waals surface area contributed by atoms with E-state index in [0.29, 0.717) is 0 Å². The number of ether oxygens (including phenoxy) is 1. The second-order valence-corrected chi connectivity index (χ2v) is 4.39. The molecule has 0 aliphatic heterocycles. The zero-order valence-corrected chi connectivity index (χ0v) is 9.15. The lowest BCUT2D eigenvalue weighted by Gasteiger charge is -2.10. The quantitative estimate of drug-likeness (QED) is 0.801. The Morgan fingerprint density at radius 3 is 2.53 bits per heavy atom. The molecule has 2 rings (SSSR count). The lowest BCUT2D eigenvalue weighted by Crippen LogP contribution is -2.11. The minimum atomic E-state index is -0.175. The zero-order valence-electron chi connectivity index (χ0n) is 9.15. The molecule has 1 atom stereocenters. The third-order valence-corrected chi connectivity index (χ3v) is 2.93. The van der Waals surface area contributed by atoms with Gasteiger partial charge < -0.3 is 9.84 Å². The molecule has 1 aromatic rings. The smallest absolute Gasteiger partial charge is 0.118 e. The summed E-state index contributed by atoms with van der Waals surface area (Å²) in [4.78, 5) is 0. The Labute approximate surface area is 90.9 Å². The van der Waals surface area contributed by atoms with Crippen molar-refractivity contribution >= 4 is 0 Å². The van der Waals surface area contributed by atoms with Crippen molar-refractivity contribution in [3.05, 3.63) is 29.8 Å². The van der Waals surface area contributed by atoms with Gasteiger partial charge in [0.1, 0.15) is 5.75 Å². The molecule has 0 amide bonds. The Morgan fingerprint density at radius 2 is 2.00 bits per heavy atom. The van der Waals surface area contributed by atoms with E-state index >= 15 is 0 Å². The molecule has 0 aromatic heterocycles. The van der Waals surface area contributed by atoms with Crippen molar-refractivity contribution in [1.82, 2.24) is 0 Å². The summed E-state index contributed by atoms with van der Waals surface area (Å²) in [5.74, 6) is 1.66. The van der Waals surface area contributed by atoms with E-state index in [9.17, 15) is 5.11 Å². The average Bonchev–Trinajstić information content (AvgIpc) is 3.03. The Morgan fingerprint density at radius 1 is 1.33 bits per heavy atom. The van der Waals surface area contributed by atoms with Crippen LogP contribution in [0.25, 0.3) is 0 Å². The molecule has 1 aromatic carbocycles. The number of hydrogen-bond donors (Lipinski definition) is 1. The van der Waals surface area contributed by atoms with Crippen molar-refractivity contribution in [2.24, 2.45) is 5.92 Å². The second kappa shape index (κ2) is 4.67. The van der Waals surface area contributed by atoms with Crippen LogP contribution in [-0.2, 0) is 6.42 Å². The molecule has 0 bridgehead atoms. The minimum absolute atomic E-state index is 0.175. The highest BCUT2D eigenvalue weighted by atomic mass is 16.5. The van der Waals surface area contributed by atoms with Gasteiger partial charge in [-0.3, -0.25) is 0 Å². The predicted octanol–water partition coefficient (Wildman–Crippen LogP) is 2.40. The summed E-state index contributed by atoms with van der Waals surface area (Å²) >= 11 is 0. The van der Waals surface area contributed by atoms with Gasteiger partial charge in [0.05, 0.1) is 13.2 Å². The fraction of sp³-hybridized carbons (Fsp3) is 0.538. The summed E-state index contributed by atoms with van der Waals surface area (Å²) in [5, 5.41) is 9.81. The van der Waals surface area contributed by atoms with Crippen molar-refractivity contribution in [3.8, 4) is 5.75 Å². The fourth-order valence-electron chi connectivity index (χ4n) is 1.86. The van der Waals surface area contributed by atoms with Crippen LogP contribution in [0.2, 0.25) is 0 Å². The van der Waals surface area contributed by atoms with Gasteiger partial charge in [0.15, 0.2) is 0 Å². The fourth-order valence-corrected chi connectivity index (χ4v) is 1.86. The number of aliphatic hydroxyl groups is 1. The first-order valence-corrected chi connectivity index (χ1v) is 5.59. The van der Waals surface area contributed by atoms with Gasteiger partial charge in [-0.1, -0.05) is 25.0 Å². The van der Waals surface area contributed by atoms with E-state index in [-0.39, 0.29) is 6.10 Å². The predicted molar refractivity (Wildman–Crippen MR) is 60.0 cm³/mol. The van der Waals surface area contributed by atoms with Crippen LogP contribution in [0.1, 0.15) is 24.8 Å². The van der Waals surface area contributed by atoms with Crippen molar-refractivity contribution in [2.75, 3.05) is 7.11 Å². The molecule has 1 N–H and O–H groups in total. The van der Waals surface area contributed by atoms with Gasteiger partial charge >= 0.3 is 0 Å². The monoisotopic (exact) mass is 206 g/mol. The SMILES string of the molecule is COc1ccc(CC(O)CC2CC2)cc1. The first-order chi connectivity index (χ1) is 7.28. The second-order valence-electron chi connectivity index (χ2n) is 4.39. The van der Waals surface area contributed by atoms with Crippen LogP contribution in [0.15, 0.2) is 24.3 Å². The van der Waals surface area contributed by atoms with Crippen molar-refractivity contribution in [2.45, 2.75) is 31.8 Å². The number of hydrogen-bond acceptors (Lipinski definition) is 2. The van der Waals surface area contributed by atoms with Gasteiger partial charge in [-0.25, -0.2) is 0 Å². The van der Waals surface area contributed by atoms with E-state index in [2.05, 4.69) is 0 Å². The minimum Gasteiger partial charge on any atom is -0.497 e. The highest BCUT2D eigenvalue weighted by Crippen LogP contribution is 2.34. The molecule has 82 valence electrons. The highest BCUT2D eigenvalue weighted by Gasteiger charge is 2.24. The lowest BCUT2D eigenvalue weighted by molar-refractivity contribution is 0.158. The molecule has 2 heteroatoms. The van der Waals surface area contributed by atoms with E-state index in [1.54, 1.807) is 7.11 Å². The van der Waals surface area contributed by atoms with Gasteiger partial charge in [0.25, 0.3) is 0 Å². The molecule has 1 saturated carbocycles. The van der Waals surface area contributed by atoms with Gasteiger partial charge in [0.2, 0.25) is 0 Å². The van der Waals surface area contributed by atoms with Crippen molar-refractivity contribution in [1.29, 1.82) is 0 Å². The lowest BCUT2D eigenvalue weighted by atomic mass is 10.0. The Kier molecular flexibility index (Phi) is 3.27. The maximum Gasteiger partial charge on any atom is 0.118 e. The molecule has 1 aliphatic rings. The summed E-state index contributed by atoms with van der Waals surface area (Å²) in [6.07, 6.45) is 4.16. The van der Waals surface area contributed by atoms with E-state index in [1.165, 1.54) is 18.4 Å². The number of aliphatic hydroxyl groups excluding tert-OH is 1. The summed E-state index contributed by atoms with van der Waals surface area (Å²) in [7, 11) is 1.66. The molecule has 2 nitrogen and oxygen atoms in total. The number of rotatable bonds is 5. The molecule has 0 saturated heterocycles. The largest absolute Gasteiger partial charge is 0.497 e. The van der Waals surface area contributed by atoms with Crippen LogP contribution in [0, 0.1) is 5.92 Å². The summed E-state index contributed by atoms with van der Waals surface area (Å²) in [5.41, 5.74) is 1.18. The van der Waals surface area contributed by atoms with Crippen LogP contribution in [0.3, 0.4) is 0 Å². The third kappa shape index (κ3) is 3.24. The zero-order chi connectivity index (χ0) is 10.7. The Hall–Kier alpha value is -1.02. The van der Waals surface area contributed by atoms with E-state index in [4.69, 9.17) is 4.74 Å². The first kappa shape index (κ1) is 10.5. The third-order valence-electron chi connectivity index (χ3n) is 2.93. The Balaban J connectivity index is 1.85. The Bertz CT molecular complexity index is 301. The number of methoxy groups -OCH3 is 1. The van der Waals surface area contributed by atoms with Gasteiger partial charge in [0, 0.05) is 0 Å². The molecule has 1 fully saturated rings. The molecule has 15 heavy (non-hydrogen) atoms.